The third-order valence-corrected chi connectivity index (χ3v) is 4.61. The number of aliphatic hydroxyl groups excluding tert-OH is 1. The molecule has 0 saturated carbocycles. The van der Waals surface area contributed by atoms with Gasteiger partial charge in [0.05, 0.1) is 17.6 Å². The molecule has 1 N–H and O–H groups in total. The summed E-state index contributed by atoms with van der Waals surface area (Å²) in [5.41, 5.74) is 2.84. The second kappa shape index (κ2) is 7.00. The molecule has 0 fully saturated rings. The Hall–Kier alpha value is -2.53. The first-order valence-electron chi connectivity index (χ1n) is 8.83. The fraction of sp³-hybridized carbons (Fsp3) is 0.381. The lowest BCUT2D eigenvalue weighted by Gasteiger charge is -2.19. The number of hydrogen-bond acceptors (Lipinski definition) is 3. The van der Waals surface area contributed by atoms with E-state index in [9.17, 15) is 9.90 Å². The van der Waals surface area contributed by atoms with Crippen LogP contribution in [0.25, 0.3) is 11.0 Å². The van der Waals surface area contributed by atoms with E-state index in [0.717, 1.165) is 11.0 Å². The van der Waals surface area contributed by atoms with Crippen LogP contribution >= 0.6 is 0 Å². The molecule has 1 aromatic heterocycles. The fourth-order valence-electron chi connectivity index (χ4n) is 3.05. The lowest BCUT2D eigenvalue weighted by molar-refractivity contribution is 0.0925. The number of aryl methyl sites for hydroxylation is 1. The van der Waals surface area contributed by atoms with Gasteiger partial charge in [-0.1, -0.05) is 45.0 Å². The second-order valence-electron chi connectivity index (χ2n) is 7.68. The van der Waals surface area contributed by atoms with Gasteiger partial charge < -0.3 is 9.84 Å². The number of nitrogens with zero attached hydrogens (tertiary/aromatic N) is 2. The number of imidazole rings is 1. The fourth-order valence-corrected chi connectivity index (χ4v) is 3.05. The molecule has 0 aliphatic carbocycles. The normalized spacial score (nSPS) is 13.1. The minimum atomic E-state index is -0.777. The molecular weight excluding hydrogens is 328 g/mol. The molecule has 0 aliphatic heterocycles. The highest BCUT2D eigenvalue weighted by Gasteiger charge is 2.15. The summed E-state index contributed by atoms with van der Waals surface area (Å²) in [6, 6.07) is 15.5. The molecule has 5 nitrogen and oxygen atoms in total. The van der Waals surface area contributed by atoms with Crippen LogP contribution in [0.3, 0.4) is 0 Å². The van der Waals surface area contributed by atoms with Crippen LogP contribution in [-0.4, -0.2) is 27.0 Å². The van der Waals surface area contributed by atoms with Gasteiger partial charge in [0.25, 0.3) is 0 Å². The summed E-state index contributed by atoms with van der Waals surface area (Å²) in [5.74, 6) is 0.710. The smallest absolute Gasteiger partial charge is 0.328 e. The van der Waals surface area contributed by atoms with Gasteiger partial charge in [0.2, 0.25) is 0 Å². The summed E-state index contributed by atoms with van der Waals surface area (Å²) in [5, 5.41) is 10.3. The Morgan fingerprint density at radius 2 is 1.65 bits per heavy atom. The molecule has 1 atom stereocenters. The van der Waals surface area contributed by atoms with Crippen LogP contribution in [0.5, 0.6) is 5.75 Å². The van der Waals surface area contributed by atoms with Crippen LogP contribution in [0, 0.1) is 0 Å². The van der Waals surface area contributed by atoms with Gasteiger partial charge in [-0.05, 0) is 35.2 Å². The summed E-state index contributed by atoms with van der Waals surface area (Å²) in [4.78, 5) is 12.4. The largest absolute Gasteiger partial charge is 0.491 e. The Morgan fingerprint density at radius 1 is 1.04 bits per heavy atom. The van der Waals surface area contributed by atoms with Crippen molar-refractivity contribution in [3.05, 3.63) is 64.6 Å². The third kappa shape index (κ3) is 3.68. The van der Waals surface area contributed by atoms with E-state index in [2.05, 4.69) is 20.8 Å². The van der Waals surface area contributed by atoms with E-state index >= 15 is 0 Å². The summed E-state index contributed by atoms with van der Waals surface area (Å²) in [6.45, 7) is 6.81. The molecule has 0 bridgehead atoms. The van der Waals surface area contributed by atoms with Crippen LogP contribution < -0.4 is 10.4 Å². The van der Waals surface area contributed by atoms with Crippen molar-refractivity contribution in [2.45, 2.75) is 38.8 Å². The van der Waals surface area contributed by atoms with Crippen molar-refractivity contribution in [1.29, 1.82) is 0 Å². The zero-order valence-corrected chi connectivity index (χ0v) is 15.8. The number of fused-ring (bicyclic) bond motifs is 1. The molecule has 3 rings (SSSR count). The minimum Gasteiger partial charge on any atom is -0.491 e. The molecule has 138 valence electrons. The van der Waals surface area contributed by atoms with Crippen LogP contribution in [0.4, 0.5) is 0 Å². The van der Waals surface area contributed by atoms with E-state index in [1.165, 1.54) is 5.56 Å². The highest BCUT2D eigenvalue weighted by atomic mass is 16.5. The van der Waals surface area contributed by atoms with Gasteiger partial charge in [-0.2, -0.15) is 0 Å². The molecule has 0 aliphatic rings. The number of hydrogen-bond donors (Lipinski definition) is 1. The maximum absolute atomic E-state index is 12.4. The van der Waals surface area contributed by atoms with E-state index in [-0.39, 0.29) is 24.3 Å². The molecule has 3 aromatic rings. The molecule has 1 heterocycles. The van der Waals surface area contributed by atoms with Crippen molar-refractivity contribution in [1.82, 2.24) is 9.13 Å². The first-order chi connectivity index (χ1) is 12.3. The Morgan fingerprint density at radius 3 is 2.27 bits per heavy atom. The van der Waals surface area contributed by atoms with Gasteiger partial charge in [0.1, 0.15) is 18.5 Å². The minimum absolute atomic E-state index is 0.0908. The Bertz CT molecular complexity index is 946. The van der Waals surface area contributed by atoms with Crippen molar-refractivity contribution in [2.75, 3.05) is 6.61 Å². The number of para-hydroxylation sites is 2. The monoisotopic (exact) mass is 354 g/mol. The summed E-state index contributed by atoms with van der Waals surface area (Å²) >= 11 is 0. The molecule has 2 aromatic carbocycles. The Labute approximate surface area is 153 Å². The zero-order valence-electron chi connectivity index (χ0n) is 15.8. The maximum Gasteiger partial charge on any atom is 0.328 e. The molecule has 0 radical (unpaired) electrons. The average molecular weight is 354 g/mol. The number of ether oxygens (including phenoxy) is 1. The molecule has 5 heteroatoms. The van der Waals surface area contributed by atoms with Crippen molar-refractivity contribution >= 4 is 11.0 Å². The lowest BCUT2D eigenvalue weighted by Crippen LogP contribution is -2.30. The molecule has 0 spiro atoms. The first-order valence-corrected chi connectivity index (χ1v) is 8.83. The standard InChI is InChI=1S/C21H26N2O3/c1-21(2,3)15-9-11-17(12-10-15)26-14-16(24)13-23-19-8-6-5-7-18(19)22(4)20(23)25/h5-12,16,24H,13-14H2,1-4H3/t16-/m0/s1. The SMILES string of the molecule is Cn1c(=O)n(C[C@H](O)COc2ccc(C(C)(C)C)cc2)c2ccccc21. The van der Waals surface area contributed by atoms with E-state index < -0.39 is 6.10 Å². The molecule has 0 unspecified atom stereocenters. The van der Waals surface area contributed by atoms with E-state index in [1.54, 1.807) is 16.2 Å². The first kappa shape index (κ1) is 18.3. The van der Waals surface area contributed by atoms with Crippen LogP contribution in [0.15, 0.2) is 53.3 Å². The molecule has 0 saturated heterocycles. The quantitative estimate of drug-likeness (QED) is 0.766. The van der Waals surface area contributed by atoms with Gasteiger partial charge >= 0.3 is 5.69 Å². The van der Waals surface area contributed by atoms with Gasteiger partial charge in [-0.25, -0.2) is 4.79 Å². The van der Waals surface area contributed by atoms with Crippen molar-refractivity contribution in [3.63, 3.8) is 0 Å². The maximum atomic E-state index is 12.4. The topological polar surface area (TPSA) is 56.4 Å². The number of benzene rings is 2. The molecule has 0 amide bonds. The van der Waals surface area contributed by atoms with Gasteiger partial charge in [0, 0.05) is 7.05 Å². The third-order valence-electron chi connectivity index (χ3n) is 4.61. The van der Waals surface area contributed by atoms with Crippen LogP contribution in [0.2, 0.25) is 0 Å². The van der Waals surface area contributed by atoms with E-state index in [0.29, 0.717) is 5.75 Å². The van der Waals surface area contributed by atoms with Crippen LogP contribution in [-0.2, 0) is 19.0 Å². The Balaban J connectivity index is 1.68. The highest BCUT2D eigenvalue weighted by molar-refractivity contribution is 5.75. The zero-order chi connectivity index (χ0) is 18.9. The molecular formula is C21H26N2O3. The van der Waals surface area contributed by atoms with E-state index in [1.807, 2.05) is 48.5 Å². The van der Waals surface area contributed by atoms with Gasteiger partial charge in [-0.15, -0.1) is 0 Å². The van der Waals surface area contributed by atoms with Gasteiger partial charge in [0.15, 0.2) is 0 Å². The predicted molar refractivity (Wildman–Crippen MR) is 104 cm³/mol. The van der Waals surface area contributed by atoms with Crippen molar-refractivity contribution < 1.29 is 9.84 Å². The Kier molecular flexibility index (Phi) is 4.92. The van der Waals surface area contributed by atoms with Gasteiger partial charge in [-0.3, -0.25) is 9.13 Å². The number of aliphatic hydroxyl groups is 1. The van der Waals surface area contributed by atoms with Crippen molar-refractivity contribution in [2.24, 2.45) is 7.05 Å². The summed E-state index contributed by atoms with van der Waals surface area (Å²) < 4.78 is 8.87. The predicted octanol–water partition coefficient (Wildman–Crippen LogP) is 3.08. The van der Waals surface area contributed by atoms with E-state index in [4.69, 9.17) is 4.74 Å². The van der Waals surface area contributed by atoms with Crippen LogP contribution in [0.1, 0.15) is 26.3 Å². The lowest BCUT2D eigenvalue weighted by atomic mass is 9.87. The van der Waals surface area contributed by atoms with Crippen molar-refractivity contribution in [3.8, 4) is 5.75 Å². The average Bonchev–Trinajstić information content (AvgIpc) is 2.85. The second-order valence-corrected chi connectivity index (χ2v) is 7.68. The molecule has 26 heavy (non-hydrogen) atoms. The summed E-state index contributed by atoms with van der Waals surface area (Å²) in [6.07, 6.45) is -0.777. The number of rotatable bonds is 5. The summed E-state index contributed by atoms with van der Waals surface area (Å²) in [7, 11) is 1.74. The highest BCUT2D eigenvalue weighted by Crippen LogP contribution is 2.24. The number of aromatic nitrogens is 2.